The fourth-order valence-electron chi connectivity index (χ4n) is 1.48. The first-order valence-electron chi connectivity index (χ1n) is 5.34. The van der Waals surface area contributed by atoms with Crippen molar-refractivity contribution in [2.75, 3.05) is 33.4 Å². The molecule has 0 spiro atoms. The van der Waals surface area contributed by atoms with Crippen LogP contribution in [0.3, 0.4) is 0 Å². The average Bonchev–Trinajstić information content (AvgIpc) is 2.23. The van der Waals surface area contributed by atoms with E-state index in [-0.39, 0.29) is 25.0 Å². The number of nitrogens with two attached hydrogens (primary N) is 1. The van der Waals surface area contributed by atoms with Gasteiger partial charge in [-0.05, 0) is 25.8 Å². The van der Waals surface area contributed by atoms with Crippen LogP contribution in [0.2, 0.25) is 0 Å². The van der Waals surface area contributed by atoms with Gasteiger partial charge in [0.1, 0.15) is 0 Å². The lowest BCUT2D eigenvalue weighted by Crippen LogP contribution is -2.35. The topological polar surface area (TPSA) is 86.8 Å². The maximum Gasteiger partial charge on any atom is 0.225 e. The average molecular weight is 218 g/mol. The fourth-order valence-corrected chi connectivity index (χ4v) is 1.48. The molecular weight excluding hydrogens is 196 g/mol. The van der Waals surface area contributed by atoms with E-state index in [2.05, 4.69) is 0 Å². The Kier molecular flexibility index (Phi) is 8.27. The summed E-state index contributed by atoms with van der Waals surface area (Å²) in [6.45, 7) is 0.862. The molecule has 0 radical (unpaired) electrons. The van der Waals surface area contributed by atoms with E-state index in [1.165, 1.54) is 4.90 Å². The van der Waals surface area contributed by atoms with Gasteiger partial charge < -0.3 is 20.8 Å². The van der Waals surface area contributed by atoms with Crippen LogP contribution in [0.1, 0.15) is 19.3 Å². The standard InChI is InChI=1S/C10H22N2O3/c1-12(6-8-14)10(15)9(4-7-13)3-2-5-11/h9,13-14H,2-8,11H2,1H3. The molecule has 0 aliphatic heterocycles. The predicted molar refractivity (Wildman–Crippen MR) is 58.2 cm³/mol. The third kappa shape index (κ3) is 5.71. The van der Waals surface area contributed by atoms with E-state index in [1.54, 1.807) is 7.05 Å². The lowest BCUT2D eigenvalue weighted by atomic mass is 9.98. The number of likely N-dealkylation sites (N-methyl/N-ethyl adjacent to an activating group) is 1. The Bertz CT molecular complexity index is 176. The van der Waals surface area contributed by atoms with Gasteiger partial charge in [-0.1, -0.05) is 0 Å². The molecule has 90 valence electrons. The molecule has 5 nitrogen and oxygen atoms in total. The van der Waals surface area contributed by atoms with Gasteiger partial charge >= 0.3 is 0 Å². The normalized spacial score (nSPS) is 12.5. The van der Waals surface area contributed by atoms with Crippen LogP contribution in [0.15, 0.2) is 0 Å². The zero-order valence-corrected chi connectivity index (χ0v) is 9.35. The summed E-state index contributed by atoms with van der Waals surface area (Å²) in [6.07, 6.45) is 1.95. The van der Waals surface area contributed by atoms with Gasteiger partial charge in [0, 0.05) is 26.1 Å². The smallest absolute Gasteiger partial charge is 0.225 e. The lowest BCUT2D eigenvalue weighted by molar-refractivity contribution is -0.135. The van der Waals surface area contributed by atoms with Crippen LogP contribution in [-0.4, -0.2) is 54.4 Å². The molecule has 4 N–H and O–H groups in total. The molecule has 0 aromatic heterocycles. The number of hydrogen-bond acceptors (Lipinski definition) is 4. The first kappa shape index (κ1) is 14.3. The van der Waals surface area contributed by atoms with Crippen LogP contribution in [0.25, 0.3) is 0 Å². The highest BCUT2D eigenvalue weighted by molar-refractivity contribution is 5.78. The fraction of sp³-hybridized carbons (Fsp3) is 0.900. The number of carbonyl (C=O) groups is 1. The minimum Gasteiger partial charge on any atom is -0.396 e. The van der Waals surface area contributed by atoms with Crippen molar-refractivity contribution in [3.63, 3.8) is 0 Å². The first-order valence-corrected chi connectivity index (χ1v) is 5.34. The molecule has 1 atom stereocenters. The number of carbonyl (C=O) groups excluding carboxylic acids is 1. The Balaban J connectivity index is 4.13. The van der Waals surface area contributed by atoms with E-state index >= 15 is 0 Å². The Morgan fingerprint density at radius 2 is 2.00 bits per heavy atom. The highest BCUT2D eigenvalue weighted by Gasteiger charge is 2.20. The molecule has 0 heterocycles. The Morgan fingerprint density at radius 3 is 2.47 bits per heavy atom. The molecule has 0 saturated carbocycles. The zero-order chi connectivity index (χ0) is 11.7. The zero-order valence-electron chi connectivity index (χ0n) is 9.35. The summed E-state index contributed by atoms with van der Waals surface area (Å²) in [7, 11) is 1.66. The number of nitrogens with zero attached hydrogens (tertiary/aromatic N) is 1. The summed E-state index contributed by atoms with van der Waals surface area (Å²) in [5.41, 5.74) is 5.38. The van der Waals surface area contributed by atoms with Gasteiger partial charge in [-0.15, -0.1) is 0 Å². The number of hydrogen-bond donors (Lipinski definition) is 3. The van der Waals surface area contributed by atoms with Crippen molar-refractivity contribution in [2.45, 2.75) is 19.3 Å². The number of aliphatic hydroxyl groups is 2. The molecular formula is C10H22N2O3. The predicted octanol–water partition coefficient (Wildman–Crippen LogP) is -0.825. The second-order valence-electron chi connectivity index (χ2n) is 3.62. The Labute approximate surface area is 90.9 Å². The maximum atomic E-state index is 11.8. The molecule has 0 rings (SSSR count). The van der Waals surface area contributed by atoms with Crippen LogP contribution in [0.5, 0.6) is 0 Å². The van der Waals surface area contributed by atoms with E-state index in [9.17, 15) is 4.79 Å². The van der Waals surface area contributed by atoms with Crippen LogP contribution < -0.4 is 5.73 Å². The van der Waals surface area contributed by atoms with Crippen LogP contribution in [0.4, 0.5) is 0 Å². The molecule has 0 aliphatic rings. The van der Waals surface area contributed by atoms with Crippen molar-refractivity contribution >= 4 is 5.91 Å². The van der Waals surface area contributed by atoms with Crippen molar-refractivity contribution in [3.05, 3.63) is 0 Å². The molecule has 0 saturated heterocycles. The monoisotopic (exact) mass is 218 g/mol. The number of rotatable bonds is 8. The quantitative estimate of drug-likeness (QED) is 0.496. The maximum absolute atomic E-state index is 11.8. The second kappa shape index (κ2) is 8.64. The Hall–Kier alpha value is -0.650. The lowest BCUT2D eigenvalue weighted by Gasteiger charge is -2.22. The van der Waals surface area contributed by atoms with Gasteiger partial charge in [0.2, 0.25) is 5.91 Å². The van der Waals surface area contributed by atoms with Gasteiger partial charge in [-0.25, -0.2) is 0 Å². The molecule has 5 heteroatoms. The van der Waals surface area contributed by atoms with Gasteiger partial charge in [0.05, 0.1) is 6.61 Å². The largest absolute Gasteiger partial charge is 0.396 e. The van der Waals surface area contributed by atoms with Gasteiger partial charge in [0.25, 0.3) is 0 Å². The molecule has 0 aromatic rings. The van der Waals surface area contributed by atoms with E-state index in [1.807, 2.05) is 0 Å². The molecule has 15 heavy (non-hydrogen) atoms. The molecule has 1 amide bonds. The summed E-state index contributed by atoms with van der Waals surface area (Å²) in [5.74, 6) is -0.193. The van der Waals surface area contributed by atoms with E-state index in [0.717, 1.165) is 6.42 Å². The summed E-state index contributed by atoms with van der Waals surface area (Å²) in [5, 5.41) is 17.6. The van der Waals surface area contributed by atoms with Crippen molar-refractivity contribution in [3.8, 4) is 0 Å². The molecule has 1 unspecified atom stereocenters. The van der Waals surface area contributed by atoms with E-state index in [0.29, 0.717) is 25.9 Å². The summed E-state index contributed by atoms with van der Waals surface area (Å²) in [4.78, 5) is 13.3. The number of aliphatic hydroxyl groups excluding tert-OH is 2. The van der Waals surface area contributed by atoms with Crippen molar-refractivity contribution in [1.82, 2.24) is 4.90 Å². The summed E-state index contributed by atoms with van der Waals surface area (Å²) < 4.78 is 0. The third-order valence-electron chi connectivity index (χ3n) is 2.40. The van der Waals surface area contributed by atoms with Crippen molar-refractivity contribution in [1.29, 1.82) is 0 Å². The summed E-state index contributed by atoms with van der Waals surface area (Å²) >= 11 is 0. The van der Waals surface area contributed by atoms with Crippen LogP contribution >= 0.6 is 0 Å². The van der Waals surface area contributed by atoms with Gasteiger partial charge in [0.15, 0.2) is 0 Å². The molecule has 0 aromatic carbocycles. The van der Waals surface area contributed by atoms with Crippen molar-refractivity contribution < 1.29 is 15.0 Å². The van der Waals surface area contributed by atoms with Crippen LogP contribution in [-0.2, 0) is 4.79 Å². The number of amides is 1. The minimum atomic E-state index is -0.171. The van der Waals surface area contributed by atoms with E-state index < -0.39 is 0 Å². The van der Waals surface area contributed by atoms with Crippen molar-refractivity contribution in [2.24, 2.45) is 11.7 Å². The highest BCUT2D eigenvalue weighted by atomic mass is 16.3. The highest BCUT2D eigenvalue weighted by Crippen LogP contribution is 2.13. The third-order valence-corrected chi connectivity index (χ3v) is 2.40. The first-order chi connectivity index (χ1) is 7.17. The Morgan fingerprint density at radius 1 is 1.33 bits per heavy atom. The minimum absolute atomic E-state index is 0.00788. The summed E-state index contributed by atoms with van der Waals surface area (Å²) in [6, 6.07) is 0. The van der Waals surface area contributed by atoms with Gasteiger partial charge in [-0.3, -0.25) is 4.79 Å². The molecule has 0 fully saturated rings. The second-order valence-corrected chi connectivity index (χ2v) is 3.62. The molecule has 0 bridgehead atoms. The molecule has 0 aliphatic carbocycles. The van der Waals surface area contributed by atoms with Crippen LogP contribution in [0, 0.1) is 5.92 Å². The van der Waals surface area contributed by atoms with Gasteiger partial charge in [-0.2, -0.15) is 0 Å². The van der Waals surface area contributed by atoms with E-state index in [4.69, 9.17) is 15.9 Å². The SMILES string of the molecule is CN(CCO)C(=O)C(CCO)CCCN.